The van der Waals surface area contributed by atoms with E-state index in [1.165, 1.54) is 47.6 Å². The summed E-state index contributed by atoms with van der Waals surface area (Å²) in [7, 11) is 0. The number of carbonyl (C=O) groups excluding carboxylic acids is 8. The van der Waals surface area contributed by atoms with E-state index in [-0.39, 0.29) is 52.6 Å². The summed E-state index contributed by atoms with van der Waals surface area (Å²) >= 11 is 0. The fraction of sp³-hybridized carbons (Fsp3) is 0.349. The molecule has 0 atom stereocenters. The van der Waals surface area contributed by atoms with Crippen molar-refractivity contribution < 1.29 is 94.9 Å². The maximum atomic E-state index is 13.3. The molecule has 0 fully saturated rings. The molecule has 0 N–H and O–H groups in total. The lowest BCUT2D eigenvalue weighted by atomic mass is 10.1. The van der Waals surface area contributed by atoms with Crippen molar-refractivity contribution in [1.82, 2.24) is 0 Å². The molecule has 0 saturated heterocycles. The standard InChI is InChI=1S/C43H45N3O21/c1-26-6-7-34(44(18-39(51)63-22-59-27(2)47)19-40(52)64-23-60-28(3)48)37(14-26)57-12-13-58-38-16-32-15-33(31-8-10-46(56)11-9-31)43(55)67-36(32)17-35(38)45(20-41(53)65-24-61-29(4)49)21-42(54)66-25-62-30(5)50/h6-11,14-17H,12-13,18-25H2,1-5H3. The third kappa shape index (κ3) is 17.2. The minimum absolute atomic E-state index is 0.0286. The maximum Gasteiger partial charge on any atom is 0.344 e. The van der Waals surface area contributed by atoms with Crippen molar-refractivity contribution in [2.75, 3.05) is 76.4 Å². The highest BCUT2D eigenvalue weighted by atomic mass is 16.7. The number of rotatable bonds is 24. The van der Waals surface area contributed by atoms with Crippen molar-refractivity contribution in [3.8, 4) is 22.6 Å². The van der Waals surface area contributed by atoms with Crippen LogP contribution in [0.5, 0.6) is 11.5 Å². The number of anilines is 2. The van der Waals surface area contributed by atoms with Crippen LogP contribution in [0.4, 0.5) is 11.4 Å². The largest absolute Gasteiger partial charge is 0.619 e. The molecule has 0 unspecified atom stereocenters. The fourth-order valence-corrected chi connectivity index (χ4v) is 5.56. The Morgan fingerprint density at radius 3 is 1.40 bits per heavy atom. The van der Waals surface area contributed by atoms with Crippen LogP contribution in [0.2, 0.25) is 0 Å². The first kappa shape index (κ1) is 51.2. The Morgan fingerprint density at radius 2 is 0.970 bits per heavy atom. The van der Waals surface area contributed by atoms with Crippen molar-refractivity contribution in [2.24, 2.45) is 0 Å². The minimum atomic E-state index is -0.998. The quantitative estimate of drug-likeness (QED) is 0.0184. The van der Waals surface area contributed by atoms with E-state index in [0.29, 0.717) is 15.9 Å². The van der Waals surface area contributed by atoms with Crippen LogP contribution in [-0.4, -0.2) is 114 Å². The van der Waals surface area contributed by atoms with E-state index < -0.39 is 107 Å². The van der Waals surface area contributed by atoms with Crippen molar-refractivity contribution in [1.29, 1.82) is 0 Å². The summed E-state index contributed by atoms with van der Waals surface area (Å²) < 4.78 is 57.2. The average Bonchev–Trinajstić information content (AvgIpc) is 3.24. The Balaban J connectivity index is 1.70. The number of pyridine rings is 1. The molecule has 0 amide bonds. The summed E-state index contributed by atoms with van der Waals surface area (Å²) in [6, 6.07) is 11.8. The van der Waals surface area contributed by atoms with Gasteiger partial charge in [0.25, 0.3) is 0 Å². The van der Waals surface area contributed by atoms with Crippen molar-refractivity contribution in [2.45, 2.75) is 34.6 Å². The van der Waals surface area contributed by atoms with Gasteiger partial charge in [0, 0.05) is 56.8 Å². The molecule has 4 rings (SSSR count). The number of hydrogen-bond acceptors (Lipinski definition) is 23. The molecule has 24 heteroatoms. The average molecular weight is 940 g/mol. The van der Waals surface area contributed by atoms with Gasteiger partial charge in [-0.25, -0.2) is 4.79 Å². The van der Waals surface area contributed by atoms with E-state index in [4.69, 9.17) is 42.3 Å². The van der Waals surface area contributed by atoms with Crippen LogP contribution in [0.3, 0.4) is 0 Å². The molecule has 0 saturated carbocycles. The lowest BCUT2D eigenvalue weighted by Crippen LogP contribution is -2.37. The van der Waals surface area contributed by atoms with E-state index in [0.717, 1.165) is 32.6 Å². The first-order chi connectivity index (χ1) is 31.9. The monoisotopic (exact) mass is 939 g/mol. The number of aromatic nitrogens is 1. The first-order valence-corrected chi connectivity index (χ1v) is 19.7. The molecule has 0 spiro atoms. The minimum Gasteiger partial charge on any atom is -0.619 e. The van der Waals surface area contributed by atoms with Gasteiger partial charge >= 0.3 is 53.4 Å². The highest BCUT2D eigenvalue weighted by Crippen LogP contribution is 2.35. The summed E-state index contributed by atoms with van der Waals surface area (Å²) in [5.41, 5.74) is 0.384. The SMILES string of the molecule is CC(=O)OCOC(=O)CN(CC(=O)OCOC(C)=O)c1ccc(C)cc1OCCOc1cc2cc(-c3cc[n+]([O-])cc3)c(=O)oc2cc1N(CC(=O)OCOC(C)=O)CC(=O)OCOC(C)=O. The molecule has 0 aliphatic rings. The lowest BCUT2D eigenvalue weighted by Gasteiger charge is -2.26. The summed E-state index contributed by atoms with van der Waals surface area (Å²) in [6.07, 6.45) is 2.37. The van der Waals surface area contributed by atoms with Crippen LogP contribution in [0.15, 0.2) is 70.1 Å². The number of fused-ring (bicyclic) bond motifs is 1. The molecule has 0 radical (unpaired) electrons. The van der Waals surface area contributed by atoms with Gasteiger partial charge in [-0.1, -0.05) is 6.07 Å². The van der Waals surface area contributed by atoms with Gasteiger partial charge in [-0.3, -0.25) is 38.4 Å². The number of aryl methyl sites for hydroxylation is 1. The molecule has 67 heavy (non-hydrogen) atoms. The maximum absolute atomic E-state index is 13.3. The van der Waals surface area contributed by atoms with Crippen LogP contribution < -0.4 is 29.6 Å². The van der Waals surface area contributed by atoms with Gasteiger partial charge in [0.05, 0.1) is 16.9 Å². The van der Waals surface area contributed by atoms with Crippen molar-refractivity contribution in [3.05, 3.63) is 82.1 Å². The predicted molar refractivity (Wildman–Crippen MR) is 224 cm³/mol. The van der Waals surface area contributed by atoms with Crippen LogP contribution in [-0.2, 0) is 76.3 Å². The molecule has 2 aromatic heterocycles. The van der Waals surface area contributed by atoms with E-state index in [1.54, 1.807) is 25.1 Å². The van der Waals surface area contributed by atoms with Crippen LogP contribution in [0, 0.1) is 12.1 Å². The number of benzene rings is 2. The summed E-state index contributed by atoms with van der Waals surface area (Å²) in [5.74, 6) is -6.63. The molecule has 0 bridgehead atoms. The lowest BCUT2D eigenvalue weighted by molar-refractivity contribution is -0.605. The Kier molecular flexibility index (Phi) is 19.2. The number of ether oxygens (including phenoxy) is 10. The molecule has 358 valence electrons. The third-order valence-corrected chi connectivity index (χ3v) is 8.53. The second-order valence-corrected chi connectivity index (χ2v) is 13.7. The molecule has 4 aromatic rings. The highest BCUT2D eigenvalue weighted by molar-refractivity contribution is 5.90. The summed E-state index contributed by atoms with van der Waals surface area (Å²) in [4.78, 5) is 112. The second kappa shape index (κ2) is 25.2. The number of carbonyl (C=O) groups is 8. The van der Waals surface area contributed by atoms with Gasteiger partial charge in [-0.05, 0) is 36.8 Å². The third-order valence-electron chi connectivity index (χ3n) is 8.53. The molecule has 2 aromatic carbocycles. The zero-order valence-corrected chi connectivity index (χ0v) is 36.8. The summed E-state index contributed by atoms with van der Waals surface area (Å²) in [6.45, 7) is 0.103. The Labute approximate surface area is 380 Å². The Hall–Kier alpha value is -8.44. The van der Waals surface area contributed by atoms with Crippen molar-refractivity contribution >= 4 is 70.1 Å². The van der Waals surface area contributed by atoms with E-state index in [2.05, 4.69) is 9.47 Å². The van der Waals surface area contributed by atoms with Crippen LogP contribution in [0.1, 0.15) is 33.3 Å². The molecule has 0 aliphatic heterocycles. The normalized spacial score (nSPS) is 10.5. The van der Waals surface area contributed by atoms with Gasteiger partial charge in [0.2, 0.25) is 27.2 Å². The molecular formula is C43H45N3O21. The Morgan fingerprint density at radius 1 is 0.552 bits per heavy atom. The number of nitrogens with zero attached hydrogens (tertiary/aromatic N) is 3. The van der Waals surface area contributed by atoms with E-state index in [1.807, 2.05) is 0 Å². The van der Waals surface area contributed by atoms with Gasteiger partial charge in [-0.2, -0.15) is 4.73 Å². The van der Waals surface area contributed by atoms with Gasteiger partial charge in [-0.15, -0.1) is 0 Å². The van der Waals surface area contributed by atoms with Crippen molar-refractivity contribution in [3.63, 3.8) is 0 Å². The fourth-order valence-electron chi connectivity index (χ4n) is 5.56. The van der Waals surface area contributed by atoms with Gasteiger partial charge in [0.15, 0.2) is 12.4 Å². The zero-order chi connectivity index (χ0) is 49.0. The second-order valence-electron chi connectivity index (χ2n) is 13.7. The van der Waals surface area contributed by atoms with Gasteiger partial charge in [0.1, 0.15) is 56.5 Å². The number of hydrogen-bond donors (Lipinski definition) is 0. The molecular weight excluding hydrogens is 894 g/mol. The van der Waals surface area contributed by atoms with Crippen LogP contribution in [0.25, 0.3) is 22.1 Å². The highest BCUT2D eigenvalue weighted by Gasteiger charge is 2.25. The summed E-state index contributed by atoms with van der Waals surface area (Å²) in [5, 5.41) is 12.0. The first-order valence-electron chi connectivity index (χ1n) is 19.7. The predicted octanol–water partition coefficient (Wildman–Crippen LogP) is 1.73. The molecule has 0 aliphatic carbocycles. The zero-order valence-electron chi connectivity index (χ0n) is 36.8. The van der Waals surface area contributed by atoms with E-state index >= 15 is 0 Å². The van der Waals surface area contributed by atoms with Gasteiger partial charge < -0.3 is 66.8 Å². The topological polar surface area (TPSA) is 292 Å². The van der Waals surface area contributed by atoms with Crippen LogP contribution >= 0.6 is 0 Å². The molecule has 24 nitrogen and oxygen atoms in total. The van der Waals surface area contributed by atoms with E-state index in [9.17, 15) is 48.4 Å². The Bertz CT molecular complexity index is 2440. The number of esters is 8. The molecule has 2 heterocycles. The smallest absolute Gasteiger partial charge is 0.344 e.